The van der Waals surface area contributed by atoms with Gasteiger partial charge in [-0.2, -0.15) is 13.2 Å². The smallest absolute Gasteiger partial charge is 0.381 e. The maximum Gasteiger partial charge on any atom is 0.416 e. The molecule has 5 heteroatoms. The maximum atomic E-state index is 12.7. The molecule has 1 N–H and O–H groups in total. The van der Waals surface area contributed by atoms with Gasteiger partial charge in [-0.05, 0) is 59.8 Å². The van der Waals surface area contributed by atoms with Crippen LogP contribution in [0.25, 0.3) is 0 Å². The average molecular weight is 336 g/mol. The minimum atomic E-state index is -4.30. The van der Waals surface area contributed by atoms with Gasteiger partial charge < -0.3 is 5.32 Å². The van der Waals surface area contributed by atoms with Gasteiger partial charge in [-0.1, -0.05) is 12.8 Å². The fourth-order valence-electron chi connectivity index (χ4n) is 2.63. The second kappa shape index (κ2) is 5.73. The largest absolute Gasteiger partial charge is 0.416 e. The quantitative estimate of drug-likeness (QED) is 0.773. The van der Waals surface area contributed by atoms with E-state index in [1.165, 1.54) is 25.0 Å². The summed E-state index contributed by atoms with van der Waals surface area (Å²) in [5, 5.41) is 3.22. The molecular weight excluding hydrogens is 319 g/mol. The molecule has 0 bridgehead atoms. The molecule has 1 aliphatic rings. The second-order valence-corrected chi connectivity index (χ2v) is 6.02. The normalized spacial score (nSPS) is 18.6. The summed E-state index contributed by atoms with van der Waals surface area (Å²) in [5.41, 5.74) is -0.0916. The van der Waals surface area contributed by atoms with Gasteiger partial charge in [0.1, 0.15) is 0 Å². The minimum absolute atomic E-state index is 0.197. The first-order valence-electron chi connectivity index (χ1n) is 6.51. The third-order valence-corrected chi connectivity index (χ3v) is 4.48. The lowest BCUT2D eigenvalue weighted by atomic mass is 9.99. The van der Waals surface area contributed by atoms with Crippen LogP contribution >= 0.6 is 15.9 Å². The number of rotatable bonds is 3. The number of halogens is 4. The Morgan fingerprint density at radius 3 is 2.47 bits per heavy atom. The average Bonchev–Trinajstić information content (AvgIpc) is 2.84. The predicted octanol–water partition coefficient (Wildman–Crippen LogP) is 5.46. The van der Waals surface area contributed by atoms with E-state index in [-0.39, 0.29) is 6.04 Å². The van der Waals surface area contributed by atoms with Crippen LogP contribution in [0.2, 0.25) is 0 Å². The molecule has 1 fully saturated rings. The summed E-state index contributed by atoms with van der Waals surface area (Å²) < 4.78 is 38.8. The SMILES string of the molecule is CC(Nc1cc(C(F)(F)F)ccc1Br)C1CCCC1. The Bertz CT molecular complexity index is 439. The first-order chi connectivity index (χ1) is 8.88. The Balaban J connectivity index is 2.14. The van der Waals surface area contributed by atoms with Crippen molar-refractivity contribution in [3.63, 3.8) is 0 Å². The van der Waals surface area contributed by atoms with E-state index in [0.717, 1.165) is 18.9 Å². The van der Waals surface area contributed by atoms with E-state index >= 15 is 0 Å². The fourth-order valence-corrected chi connectivity index (χ4v) is 2.99. The lowest BCUT2D eigenvalue weighted by Gasteiger charge is -2.23. The van der Waals surface area contributed by atoms with E-state index in [1.807, 2.05) is 6.92 Å². The van der Waals surface area contributed by atoms with Crippen LogP contribution in [0.1, 0.15) is 38.2 Å². The summed E-state index contributed by atoms with van der Waals surface area (Å²) in [6, 6.07) is 3.92. The Labute approximate surface area is 119 Å². The molecule has 1 aliphatic carbocycles. The van der Waals surface area contributed by atoms with Crippen LogP contribution < -0.4 is 5.32 Å². The molecule has 1 saturated carbocycles. The van der Waals surface area contributed by atoms with Gasteiger partial charge in [-0.15, -0.1) is 0 Å². The highest BCUT2D eigenvalue weighted by atomic mass is 79.9. The summed E-state index contributed by atoms with van der Waals surface area (Å²) in [5.74, 6) is 0.557. The summed E-state index contributed by atoms with van der Waals surface area (Å²) in [6.45, 7) is 2.04. The summed E-state index contributed by atoms with van der Waals surface area (Å²) in [7, 11) is 0. The molecule has 0 aliphatic heterocycles. The van der Waals surface area contributed by atoms with Gasteiger partial charge in [-0.3, -0.25) is 0 Å². The third kappa shape index (κ3) is 3.65. The van der Waals surface area contributed by atoms with Crippen molar-refractivity contribution in [1.82, 2.24) is 0 Å². The lowest BCUT2D eigenvalue weighted by molar-refractivity contribution is -0.137. The maximum absolute atomic E-state index is 12.7. The van der Waals surface area contributed by atoms with Crippen molar-refractivity contribution in [3.8, 4) is 0 Å². The molecule has 0 amide bonds. The van der Waals surface area contributed by atoms with Gasteiger partial charge in [0.2, 0.25) is 0 Å². The van der Waals surface area contributed by atoms with Crippen molar-refractivity contribution >= 4 is 21.6 Å². The Kier molecular flexibility index (Phi) is 4.43. The van der Waals surface area contributed by atoms with E-state index in [2.05, 4.69) is 21.2 Å². The first kappa shape index (κ1) is 14.7. The van der Waals surface area contributed by atoms with Crippen LogP contribution in [-0.4, -0.2) is 6.04 Å². The molecule has 0 aromatic heterocycles. The van der Waals surface area contributed by atoms with Gasteiger partial charge in [0.05, 0.1) is 5.56 Å². The highest BCUT2D eigenvalue weighted by Crippen LogP contribution is 2.35. The molecule has 1 nitrogen and oxygen atoms in total. The molecule has 1 aromatic carbocycles. The Morgan fingerprint density at radius 1 is 1.26 bits per heavy atom. The van der Waals surface area contributed by atoms with Gasteiger partial charge in [0.25, 0.3) is 0 Å². The number of alkyl halides is 3. The minimum Gasteiger partial charge on any atom is -0.381 e. The number of nitrogens with one attached hydrogen (secondary N) is 1. The van der Waals surface area contributed by atoms with Crippen molar-refractivity contribution < 1.29 is 13.2 Å². The van der Waals surface area contributed by atoms with Crippen molar-refractivity contribution in [2.24, 2.45) is 5.92 Å². The fraction of sp³-hybridized carbons (Fsp3) is 0.571. The zero-order valence-electron chi connectivity index (χ0n) is 10.7. The highest BCUT2D eigenvalue weighted by molar-refractivity contribution is 9.10. The second-order valence-electron chi connectivity index (χ2n) is 5.17. The molecule has 0 radical (unpaired) electrons. The van der Waals surface area contributed by atoms with Crippen LogP contribution in [-0.2, 0) is 6.18 Å². The molecule has 1 unspecified atom stereocenters. The van der Waals surface area contributed by atoms with Crippen molar-refractivity contribution in [2.75, 3.05) is 5.32 Å². The third-order valence-electron chi connectivity index (χ3n) is 3.78. The van der Waals surface area contributed by atoms with E-state index in [1.54, 1.807) is 0 Å². The summed E-state index contributed by atoms with van der Waals surface area (Å²) in [6.07, 6.45) is 0.462. The van der Waals surface area contributed by atoms with Crippen LogP contribution in [0.5, 0.6) is 0 Å². The van der Waals surface area contributed by atoms with E-state index in [0.29, 0.717) is 16.1 Å². The van der Waals surface area contributed by atoms with Crippen molar-refractivity contribution in [2.45, 2.75) is 44.8 Å². The van der Waals surface area contributed by atoms with Gasteiger partial charge in [-0.25, -0.2) is 0 Å². The highest BCUT2D eigenvalue weighted by Gasteiger charge is 2.31. The zero-order valence-corrected chi connectivity index (χ0v) is 12.3. The molecule has 0 saturated heterocycles. The summed E-state index contributed by atoms with van der Waals surface area (Å²) in [4.78, 5) is 0. The molecular formula is C14H17BrF3N. The number of benzene rings is 1. The van der Waals surface area contributed by atoms with E-state index in [4.69, 9.17) is 0 Å². The van der Waals surface area contributed by atoms with Crippen LogP contribution in [0.15, 0.2) is 22.7 Å². The zero-order chi connectivity index (χ0) is 14.0. The first-order valence-corrected chi connectivity index (χ1v) is 7.30. The number of hydrogen-bond donors (Lipinski definition) is 1. The van der Waals surface area contributed by atoms with Gasteiger partial charge >= 0.3 is 6.18 Å². The topological polar surface area (TPSA) is 12.0 Å². The molecule has 1 atom stereocenters. The van der Waals surface area contributed by atoms with Crippen LogP contribution in [0.3, 0.4) is 0 Å². The molecule has 0 spiro atoms. The number of anilines is 1. The molecule has 2 rings (SSSR count). The van der Waals surface area contributed by atoms with Gasteiger partial charge in [0, 0.05) is 16.2 Å². The predicted molar refractivity (Wildman–Crippen MR) is 74.2 cm³/mol. The standard InChI is InChI=1S/C14H17BrF3N/c1-9(10-4-2-3-5-10)19-13-8-11(14(16,17)18)6-7-12(13)15/h6-10,19H,2-5H2,1H3. The van der Waals surface area contributed by atoms with Crippen LogP contribution in [0, 0.1) is 5.92 Å². The summed E-state index contributed by atoms with van der Waals surface area (Å²) >= 11 is 3.30. The Hall–Kier alpha value is -0.710. The molecule has 106 valence electrons. The molecule has 0 heterocycles. The Morgan fingerprint density at radius 2 is 1.89 bits per heavy atom. The van der Waals surface area contributed by atoms with Crippen molar-refractivity contribution in [1.29, 1.82) is 0 Å². The lowest BCUT2D eigenvalue weighted by Crippen LogP contribution is -2.24. The number of hydrogen-bond acceptors (Lipinski definition) is 1. The van der Waals surface area contributed by atoms with Gasteiger partial charge in [0.15, 0.2) is 0 Å². The van der Waals surface area contributed by atoms with Crippen LogP contribution in [0.4, 0.5) is 18.9 Å². The van der Waals surface area contributed by atoms with E-state index < -0.39 is 11.7 Å². The van der Waals surface area contributed by atoms with E-state index in [9.17, 15) is 13.2 Å². The molecule has 19 heavy (non-hydrogen) atoms. The van der Waals surface area contributed by atoms with Crippen molar-refractivity contribution in [3.05, 3.63) is 28.2 Å². The monoisotopic (exact) mass is 335 g/mol. The molecule has 1 aromatic rings.